The van der Waals surface area contributed by atoms with Gasteiger partial charge in [0, 0.05) is 27.3 Å². The van der Waals surface area contributed by atoms with Crippen LogP contribution in [0.3, 0.4) is 0 Å². The van der Waals surface area contributed by atoms with Crippen LogP contribution in [0, 0.1) is 6.92 Å². The van der Waals surface area contributed by atoms with Gasteiger partial charge >= 0.3 is 0 Å². The molecule has 1 unspecified atom stereocenters. The number of ether oxygens (including phenoxy) is 1. The summed E-state index contributed by atoms with van der Waals surface area (Å²) in [5.74, 6) is 0.921. The van der Waals surface area contributed by atoms with E-state index in [1.54, 1.807) is 7.11 Å². The summed E-state index contributed by atoms with van der Waals surface area (Å²) >= 11 is 6.24. The summed E-state index contributed by atoms with van der Waals surface area (Å²) in [4.78, 5) is 4.65. The van der Waals surface area contributed by atoms with Gasteiger partial charge < -0.3 is 9.30 Å². The molecule has 0 aliphatic rings. The van der Waals surface area contributed by atoms with Crippen LogP contribution >= 0.6 is 11.6 Å². The summed E-state index contributed by atoms with van der Waals surface area (Å²) < 4.78 is 9.15. The van der Waals surface area contributed by atoms with E-state index in [0.717, 1.165) is 48.7 Å². The summed E-state index contributed by atoms with van der Waals surface area (Å²) in [6.07, 6.45) is 2.07. The molecule has 0 spiro atoms. The lowest BCUT2D eigenvalue weighted by Gasteiger charge is -2.10. The zero-order valence-corrected chi connectivity index (χ0v) is 12.7. The Kier molecular flexibility index (Phi) is 4.47. The zero-order chi connectivity index (χ0) is 14.0. The molecule has 5 nitrogen and oxygen atoms in total. The number of imidazole rings is 1. The predicted octanol–water partition coefficient (Wildman–Crippen LogP) is 2.80. The largest absolute Gasteiger partial charge is 0.385 e. The van der Waals surface area contributed by atoms with Gasteiger partial charge in [-0.3, -0.25) is 4.68 Å². The number of hydrogen-bond donors (Lipinski definition) is 0. The van der Waals surface area contributed by atoms with E-state index in [1.807, 2.05) is 25.6 Å². The highest BCUT2D eigenvalue weighted by molar-refractivity contribution is 6.20. The van der Waals surface area contributed by atoms with Crippen molar-refractivity contribution in [2.45, 2.75) is 38.6 Å². The van der Waals surface area contributed by atoms with E-state index >= 15 is 0 Å². The average Bonchev–Trinajstić information content (AvgIpc) is 2.85. The third-order valence-electron chi connectivity index (χ3n) is 3.26. The van der Waals surface area contributed by atoms with E-state index in [1.165, 1.54) is 0 Å². The minimum atomic E-state index is -0.103. The normalized spacial score (nSPS) is 13.3. The maximum absolute atomic E-state index is 6.24. The van der Waals surface area contributed by atoms with Crippen LogP contribution in [0.4, 0.5) is 0 Å². The van der Waals surface area contributed by atoms with Crippen molar-refractivity contribution in [3.8, 4) is 0 Å². The van der Waals surface area contributed by atoms with E-state index in [4.69, 9.17) is 16.3 Å². The number of nitrogens with zero attached hydrogens (tertiary/aromatic N) is 4. The number of fused-ring (bicyclic) bond motifs is 1. The summed E-state index contributed by atoms with van der Waals surface area (Å²) in [6, 6.07) is 0. The molecule has 6 heteroatoms. The van der Waals surface area contributed by atoms with Crippen molar-refractivity contribution < 1.29 is 4.74 Å². The number of alkyl halides is 1. The minimum Gasteiger partial charge on any atom is -0.385 e. The lowest BCUT2D eigenvalue weighted by molar-refractivity contribution is 0.191. The van der Waals surface area contributed by atoms with Gasteiger partial charge in [0.15, 0.2) is 5.65 Å². The summed E-state index contributed by atoms with van der Waals surface area (Å²) in [5.41, 5.74) is 2.96. The minimum absolute atomic E-state index is 0.103. The Balaban J connectivity index is 2.34. The molecule has 0 amide bonds. The SMILES string of the molecule is COCCCCn1c(C(C)Cl)nc2c(C)nn(C)c21. The van der Waals surface area contributed by atoms with Gasteiger partial charge in [0.25, 0.3) is 0 Å². The monoisotopic (exact) mass is 284 g/mol. The first-order chi connectivity index (χ1) is 9.06. The van der Waals surface area contributed by atoms with Crippen LogP contribution in [0.1, 0.15) is 36.7 Å². The molecule has 1 atom stereocenters. The van der Waals surface area contributed by atoms with Crippen molar-refractivity contribution in [3.63, 3.8) is 0 Å². The van der Waals surface area contributed by atoms with Crippen molar-refractivity contribution in [1.29, 1.82) is 0 Å². The molecule has 0 aliphatic heterocycles. The molecule has 0 radical (unpaired) electrons. The first kappa shape index (κ1) is 14.3. The smallest absolute Gasteiger partial charge is 0.158 e. The van der Waals surface area contributed by atoms with Gasteiger partial charge in [0.1, 0.15) is 11.3 Å². The predicted molar refractivity (Wildman–Crippen MR) is 76.6 cm³/mol. The van der Waals surface area contributed by atoms with Crippen LogP contribution in [0.5, 0.6) is 0 Å². The number of halogens is 1. The third-order valence-corrected chi connectivity index (χ3v) is 3.45. The quantitative estimate of drug-likeness (QED) is 0.605. The molecule has 0 saturated heterocycles. The van der Waals surface area contributed by atoms with Crippen molar-refractivity contribution >= 4 is 22.8 Å². The lowest BCUT2D eigenvalue weighted by atomic mass is 10.3. The highest BCUT2D eigenvalue weighted by Gasteiger charge is 2.19. The topological polar surface area (TPSA) is 44.9 Å². The van der Waals surface area contributed by atoms with Crippen LogP contribution < -0.4 is 0 Å². The van der Waals surface area contributed by atoms with Gasteiger partial charge in [0.05, 0.1) is 11.1 Å². The highest BCUT2D eigenvalue weighted by atomic mass is 35.5. The second-order valence-corrected chi connectivity index (χ2v) is 5.47. The maximum atomic E-state index is 6.24. The van der Waals surface area contributed by atoms with Crippen LogP contribution in [-0.4, -0.2) is 33.0 Å². The summed E-state index contributed by atoms with van der Waals surface area (Å²) in [5, 5.41) is 4.32. The fraction of sp³-hybridized carbons (Fsp3) is 0.692. The van der Waals surface area contributed by atoms with Gasteiger partial charge in [0.2, 0.25) is 0 Å². The summed E-state index contributed by atoms with van der Waals surface area (Å²) in [6.45, 7) is 5.61. The number of hydrogen-bond acceptors (Lipinski definition) is 3. The van der Waals surface area contributed by atoms with Crippen LogP contribution in [0.2, 0.25) is 0 Å². The van der Waals surface area contributed by atoms with E-state index < -0.39 is 0 Å². The lowest BCUT2D eigenvalue weighted by Crippen LogP contribution is -2.08. The Hall–Kier alpha value is -1.07. The Morgan fingerprint density at radius 3 is 2.74 bits per heavy atom. The summed E-state index contributed by atoms with van der Waals surface area (Å²) in [7, 11) is 3.68. The molecular formula is C13H21ClN4O. The van der Waals surface area contributed by atoms with Crippen LogP contribution in [0.25, 0.3) is 11.2 Å². The molecule has 0 saturated carbocycles. The Morgan fingerprint density at radius 1 is 1.37 bits per heavy atom. The molecule has 0 N–H and O–H groups in total. The van der Waals surface area contributed by atoms with Gasteiger partial charge in [-0.2, -0.15) is 5.10 Å². The van der Waals surface area contributed by atoms with Gasteiger partial charge in [-0.25, -0.2) is 4.98 Å². The standard InChI is InChI=1S/C13H21ClN4O/c1-9(14)12-15-11-10(2)16-17(3)13(11)18(12)7-5-6-8-19-4/h9H,5-8H2,1-4H3. The molecule has 106 valence electrons. The molecule has 0 aromatic carbocycles. The van der Waals surface area contributed by atoms with E-state index in [2.05, 4.69) is 14.6 Å². The fourth-order valence-corrected chi connectivity index (χ4v) is 2.56. The Bertz CT molecular complexity index is 558. The van der Waals surface area contributed by atoms with E-state index in [0.29, 0.717) is 0 Å². The molecule has 0 bridgehead atoms. The van der Waals surface area contributed by atoms with E-state index in [-0.39, 0.29) is 5.38 Å². The maximum Gasteiger partial charge on any atom is 0.158 e. The highest BCUT2D eigenvalue weighted by Crippen LogP contribution is 2.26. The number of unbranched alkanes of at least 4 members (excludes halogenated alkanes) is 1. The molecule has 19 heavy (non-hydrogen) atoms. The van der Waals surface area contributed by atoms with Crippen molar-refractivity contribution in [1.82, 2.24) is 19.3 Å². The van der Waals surface area contributed by atoms with Crippen molar-refractivity contribution in [3.05, 3.63) is 11.5 Å². The molecule has 0 aliphatic carbocycles. The number of methoxy groups -OCH3 is 1. The molecule has 2 aromatic rings. The number of aryl methyl sites for hydroxylation is 3. The Labute approximate surface area is 118 Å². The number of aromatic nitrogens is 4. The zero-order valence-electron chi connectivity index (χ0n) is 12.0. The van der Waals surface area contributed by atoms with Gasteiger partial charge in [-0.05, 0) is 26.7 Å². The second kappa shape index (κ2) is 5.92. The van der Waals surface area contributed by atoms with Crippen LogP contribution in [-0.2, 0) is 18.3 Å². The van der Waals surface area contributed by atoms with Crippen LogP contribution in [0.15, 0.2) is 0 Å². The molecular weight excluding hydrogens is 264 g/mol. The number of rotatable bonds is 6. The van der Waals surface area contributed by atoms with Crippen molar-refractivity contribution in [2.24, 2.45) is 7.05 Å². The molecule has 2 rings (SSSR count). The third kappa shape index (κ3) is 2.77. The Morgan fingerprint density at radius 2 is 2.11 bits per heavy atom. The first-order valence-electron chi connectivity index (χ1n) is 6.59. The average molecular weight is 285 g/mol. The van der Waals surface area contributed by atoms with Crippen molar-refractivity contribution in [2.75, 3.05) is 13.7 Å². The van der Waals surface area contributed by atoms with Gasteiger partial charge in [-0.15, -0.1) is 11.6 Å². The van der Waals surface area contributed by atoms with Gasteiger partial charge in [-0.1, -0.05) is 0 Å². The molecule has 2 heterocycles. The fourth-order valence-electron chi connectivity index (χ4n) is 2.39. The molecule has 2 aromatic heterocycles. The first-order valence-corrected chi connectivity index (χ1v) is 7.02. The second-order valence-electron chi connectivity index (χ2n) is 4.82. The molecule has 0 fully saturated rings. The van der Waals surface area contributed by atoms with E-state index in [9.17, 15) is 0 Å².